The minimum Gasteiger partial charge on any atom is -0.454 e. The molecule has 0 saturated carbocycles. The first-order valence-corrected chi connectivity index (χ1v) is 10.6. The van der Waals surface area contributed by atoms with Crippen molar-refractivity contribution >= 4 is 17.4 Å². The van der Waals surface area contributed by atoms with Crippen LogP contribution in [0, 0.1) is 0 Å². The van der Waals surface area contributed by atoms with E-state index in [2.05, 4.69) is 27.4 Å². The highest BCUT2D eigenvalue weighted by molar-refractivity contribution is 5.98. The van der Waals surface area contributed by atoms with Gasteiger partial charge in [-0.15, -0.1) is 0 Å². The summed E-state index contributed by atoms with van der Waals surface area (Å²) in [6.07, 6.45) is 10.7. The van der Waals surface area contributed by atoms with Crippen LogP contribution in [0.1, 0.15) is 43.0 Å². The average Bonchev–Trinajstić information content (AvgIpc) is 3.52. The molecule has 0 radical (unpaired) electrons. The Labute approximate surface area is 186 Å². The second kappa shape index (κ2) is 10.1. The van der Waals surface area contributed by atoms with Gasteiger partial charge in [0.05, 0.1) is 6.61 Å². The summed E-state index contributed by atoms with van der Waals surface area (Å²) in [6, 6.07) is 5.54. The molecule has 0 bridgehead atoms. The largest absolute Gasteiger partial charge is 0.454 e. The van der Waals surface area contributed by atoms with E-state index in [-0.39, 0.29) is 12.4 Å². The summed E-state index contributed by atoms with van der Waals surface area (Å²) in [7, 11) is 1.82. The molecule has 0 aliphatic carbocycles. The summed E-state index contributed by atoms with van der Waals surface area (Å²) in [5, 5.41) is 0. The van der Waals surface area contributed by atoms with Crippen molar-refractivity contribution in [2.45, 2.75) is 32.6 Å². The number of amides is 1. The smallest absolute Gasteiger partial charge is 0.280 e. The van der Waals surface area contributed by atoms with Gasteiger partial charge in [-0.3, -0.25) is 14.2 Å². The highest BCUT2D eigenvalue weighted by atomic mass is 16.7. The first-order valence-electron chi connectivity index (χ1n) is 10.6. The molecule has 10 heteroatoms. The fourth-order valence-corrected chi connectivity index (χ4v) is 3.27. The number of unbranched alkanes of at least 4 members (excludes halogenated alkanes) is 3. The van der Waals surface area contributed by atoms with Crippen LogP contribution < -0.4 is 19.9 Å². The molecular weight excluding hydrogens is 412 g/mol. The summed E-state index contributed by atoms with van der Waals surface area (Å²) >= 11 is 0. The fourth-order valence-electron chi connectivity index (χ4n) is 3.27. The molecule has 1 amide bonds. The Bertz CT molecular complexity index is 1060. The number of nitrogens with zero attached hydrogens (tertiary/aromatic N) is 5. The van der Waals surface area contributed by atoms with Crippen LogP contribution in [0.2, 0.25) is 0 Å². The molecular formula is C22H26N6O4. The van der Waals surface area contributed by atoms with E-state index >= 15 is 0 Å². The quantitative estimate of drug-likeness (QED) is 0.379. The summed E-state index contributed by atoms with van der Waals surface area (Å²) in [4.78, 5) is 33.0. The van der Waals surface area contributed by atoms with Gasteiger partial charge in [-0.2, -0.15) is 4.98 Å². The zero-order valence-corrected chi connectivity index (χ0v) is 18.2. The molecule has 0 atom stereocenters. The molecule has 3 aromatic rings. The minimum atomic E-state index is -0.416. The highest BCUT2D eigenvalue weighted by Crippen LogP contribution is 2.37. The average molecular weight is 438 g/mol. The monoisotopic (exact) mass is 438 g/mol. The van der Waals surface area contributed by atoms with E-state index in [1.54, 1.807) is 28.2 Å². The third kappa shape index (κ3) is 4.80. The molecule has 3 heterocycles. The van der Waals surface area contributed by atoms with Crippen molar-refractivity contribution in [1.82, 2.24) is 25.0 Å². The topological polar surface area (TPSA) is 104 Å². The summed E-state index contributed by atoms with van der Waals surface area (Å²) in [5.41, 5.74) is 3.57. The van der Waals surface area contributed by atoms with E-state index in [9.17, 15) is 4.79 Å². The van der Waals surface area contributed by atoms with Gasteiger partial charge in [0, 0.05) is 37.4 Å². The van der Waals surface area contributed by atoms with Crippen molar-refractivity contribution in [3.63, 3.8) is 0 Å². The molecule has 0 unspecified atom stereocenters. The van der Waals surface area contributed by atoms with Crippen molar-refractivity contribution < 1.29 is 19.1 Å². The molecule has 0 fully saturated rings. The van der Waals surface area contributed by atoms with Crippen LogP contribution in [-0.4, -0.2) is 45.9 Å². The molecule has 168 valence electrons. The van der Waals surface area contributed by atoms with Crippen LogP contribution in [0.15, 0.2) is 43.1 Å². The third-order valence-corrected chi connectivity index (χ3v) is 5.06. The van der Waals surface area contributed by atoms with Gasteiger partial charge < -0.3 is 14.4 Å². The van der Waals surface area contributed by atoms with Crippen molar-refractivity contribution in [2.75, 3.05) is 25.3 Å². The lowest BCUT2D eigenvalue weighted by atomic mass is 10.2. The highest BCUT2D eigenvalue weighted by Gasteiger charge is 2.22. The predicted octanol–water partition coefficient (Wildman–Crippen LogP) is 3.40. The van der Waals surface area contributed by atoms with Gasteiger partial charge in [0.15, 0.2) is 17.3 Å². The summed E-state index contributed by atoms with van der Waals surface area (Å²) in [5.74, 6) is 1.70. The Balaban J connectivity index is 1.58. The van der Waals surface area contributed by atoms with Gasteiger partial charge in [-0.25, -0.2) is 15.4 Å². The van der Waals surface area contributed by atoms with Gasteiger partial charge in [0.25, 0.3) is 5.91 Å². The Morgan fingerprint density at radius 3 is 2.94 bits per heavy atom. The van der Waals surface area contributed by atoms with E-state index in [0.717, 1.165) is 31.4 Å². The number of hydroxylamine groups is 1. The van der Waals surface area contributed by atoms with Gasteiger partial charge in [-0.1, -0.05) is 26.2 Å². The standard InChI is InChI=1S/C22H26N6O4/c1-3-4-5-6-11-32-26-21(29)17-13-24-22(28-10-9-23-14-28)25-20(17)27(2)16-7-8-18-19(12-16)31-15-30-18/h7-10,12-14H,3-6,11,15H2,1-2H3,(H,26,29). The molecule has 1 aliphatic heterocycles. The number of carbonyl (C=O) groups excluding carboxylic acids is 1. The second-order valence-electron chi connectivity index (χ2n) is 7.31. The van der Waals surface area contributed by atoms with E-state index in [0.29, 0.717) is 29.9 Å². The molecule has 1 N–H and O–H groups in total. The lowest BCUT2D eigenvalue weighted by Crippen LogP contribution is -2.27. The normalized spacial score (nSPS) is 12.1. The number of nitrogens with one attached hydrogen (secondary N) is 1. The number of hydrogen-bond acceptors (Lipinski definition) is 8. The number of hydrogen-bond donors (Lipinski definition) is 1. The second-order valence-corrected chi connectivity index (χ2v) is 7.31. The Hall–Kier alpha value is -3.66. The third-order valence-electron chi connectivity index (χ3n) is 5.06. The molecule has 0 spiro atoms. The SMILES string of the molecule is CCCCCCONC(=O)c1cnc(-n2ccnc2)nc1N(C)c1ccc2c(c1)OCO2. The van der Waals surface area contributed by atoms with Gasteiger partial charge >= 0.3 is 0 Å². The number of benzene rings is 1. The van der Waals surface area contributed by atoms with E-state index in [1.165, 1.54) is 6.20 Å². The van der Waals surface area contributed by atoms with Crippen molar-refractivity contribution in [2.24, 2.45) is 0 Å². The Kier molecular flexibility index (Phi) is 6.81. The summed E-state index contributed by atoms with van der Waals surface area (Å²) < 4.78 is 12.5. The molecule has 32 heavy (non-hydrogen) atoms. The zero-order chi connectivity index (χ0) is 22.3. The lowest BCUT2D eigenvalue weighted by Gasteiger charge is -2.21. The van der Waals surface area contributed by atoms with Crippen LogP contribution >= 0.6 is 0 Å². The number of rotatable bonds is 10. The van der Waals surface area contributed by atoms with Crippen molar-refractivity contribution in [1.29, 1.82) is 0 Å². The summed E-state index contributed by atoms with van der Waals surface area (Å²) in [6.45, 7) is 2.78. The van der Waals surface area contributed by atoms with Crippen LogP contribution in [-0.2, 0) is 4.84 Å². The van der Waals surface area contributed by atoms with Crippen molar-refractivity contribution in [3.8, 4) is 17.4 Å². The first-order chi connectivity index (χ1) is 15.7. The number of imidazole rings is 1. The van der Waals surface area contributed by atoms with E-state index < -0.39 is 5.91 Å². The predicted molar refractivity (Wildman–Crippen MR) is 117 cm³/mol. The number of aromatic nitrogens is 4. The molecule has 4 rings (SSSR count). The zero-order valence-electron chi connectivity index (χ0n) is 18.2. The maximum atomic E-state index is 12.9. The van der Waals surface area contributed by atoms with Crippen LogP contribution in [0.25, 0.3) is 5.95 Å². The van der Waals surface area contributed by atoms with Crippen LogP contribution in [0.4, 0.5) is 11.5 Å². The number of ether oxygens (including phenoxy) is 2. The Morgan fingerprint density at radius 1 is 1.25 bits per heavy atom. The maximum Gasteiger partial charge on any atom is 0.280 e. The number of anilines is 2. The molecule has 1 aromatic carbocycles. The fraction of sp³-hybridized carbons (Fsp3) is 0.364. The number of fused-ring (bicyclic) bond motifs is 1. The number of carbonyl (C=O) groups is 1. The molecule has 2 aromatic heterocycles. The first kappa shape index (κ1) is 21.6. The van der Waals surface area contributed by atoms with Crippen LogP contribution in [0.3, 0.4) is 0 Å². The minimum absolute atomic E-state index is 0.185. The molecule has 10 nitrogen and oxygen atoms in total. The Morgan fingerprint density at radius 2 is 2.12 bits per heavy atom. The van der Waals surface area contributed by atoms with Gasteiger partial charge in [0.2, 0.25) is 12.7 Å². The molecule has 0 saturated heterocycles. The van der Waals surface area contributed by atoms with Crippen LogP contribution in [0.5, 0.6) is 11.5 Å². The molecule has 1 aliphatic rings. The van der Waals surface area contributed by atoms with Gasteiger partial charge in [0.1, 0.15) is 11.9 Å². The van der Waals surface area contributed by atoms with E-state index in [1.807, 2.05) is 25.2 Å². The van der Waals surface area contributed by atoms with Crippen molar-refractivity contribution in [3.05, 3.63) is 48.7 Å². The lowest BCUT2D eigenvalue weighted by molar-refractivity contribution is 0.0297. The van der Waals surface area contributed by atoms with E-state index in [4.69, 9.17) is 14.3 Å². The van der Waals surface area contributed by atoms with Gasteiger partial charge in [-0.05, 0) is 18.6 Å². The maximum absolute atomic E-state index is 12.9.